The maximum atomic E-state index is 13.3. The molecule has 0 aliphatic carbocycles. The zero-order valence-electron chi connectivity index (χ0n) is 17.3. The maximum Gasteiger partial charge on any atom is 0.338 e. The second-order valence-corrected chi connectivity index (χ2v) is 7.32. The number of nitrogens with zero attached hydrogens (tertiary/aromatic N) is 1. The minimum atomic E-state index is -0.667. The molecule has 3 aromatic rings. The molecule has 0 saturated carbocycles. The van der Waals surface area contributed by atoms with Gasteiger partial charge in [0.25, 0.3) is 11.8 Å². The molecule has 0 bridgehead atoms. The fourth-order valence-electron chi connectivity index (χ4n) is 3.19. The number of carbonyl (C=O) groups is 3. The van der Waals surface area contributed by atoms with Gasteiger partial charge in [-0.3, -0.25) is 19.8 Å². The van der Waals surface area contributed by atoms with Gasteiger partial charge in [-0.2, -0.15) is 0 Å². The number of anilines is 1. The number of rotatable bonds is 5. The fraction of sp³-hybridized carbons (Fsp3) is 0.0833. The van der Waals surface area contributed by atoms with Gasteiger partial charge in [0.2, 0.25) is 0 Å². The number of benzene rings is 2. The minimum Gasteiger partial charge on any atom is -0.462 e. The van der Waals surface area contributed by atoms with Crippen molar-refractivity contribution in [1.29, 1.82) is 0 Å². The molecule has 2 aromatic carbocycles. The number of amides is 2. The summed E-state index contributed by atoms with van der Waals surface area (Å²) in [7, 11) is 0. The first-order chi connectivity index (χ1) is 15.9. The lowest BCUT2D eigenvalue weighted by atomic mass is 10.1. The van der Waals surface area contributed by atoms with Crippen LogP contribution in [0.1, 0.15) is 23.0 Å². The first-order valence-corrected chi connectivity index (χ1v) is 10.3. The Balaban J connectivity index is 1.59. The summed E-state index contributed by atoms with van der Waals surface area (Å²) < 4.78 is 24.0. The highest BCUT2D eigenvalue weighted by atomic mass is 32.1. The smallest absolute Gasteiger partial charge is 0.338 e. The van der Waals surface area contributed by atoms with Gasteiger partial charge in [0.15, 0.2) is 5.11 Å². The minimum absolute atomic E-state index is 0.101. The normalized spacial score (nSPS) is 15.0. The summed E-state index contributed by atoms with van der Waals surface area (Å²) in [6.07, 6.45) is 1.31. The number of hydrogen-bond donors (Lipinski definition) is 1. The van der Waals surface area contributed by atoms with Crippen LogP contribution >= 0.6 is 12.2 Å². The molecule has 2 heterocycles. The van der Waals surface area contributed by atoms with E-state index in [9.17, 15) is 18.8 Å². The van der Waals surface area contributed by atoms with Crippen molar-refractivity contribution in [2.75, 3.05) is 11.5 Å². The SMILES string of the molecule is CCOC(=O)c1ccc(-c2ccc(/C=C3/C(=O)NC(=S)N(c4ccc(F)cc4)C3=O)o2)cc1. The van der Waals surface area contributed by atoms with Crippen molar-refractivity contribution in [3.8, 4) is 11.3 Å². The van der Waals surface area contributed by atoms with E-state index in [2.05, 4.69) is 5.32 Å². The van der Waals surface area contributed by atoms with Gasteiger partial charge in [-0.15, -0.1) is 0 Å². The molecular weight excluding hydrogens is 447 g/mol. The Bertz CT molecular complexity index is 1280. The molecule has 0 spiro atoms. The van der Waals surface area contributed by atoms with Crippen LogP contribution in [0.5, 0.6) is 0 Å². The van der Waals surface area contributed by atoms with Crippen LogP contribution in [0.25, 0.3) is 17.4 Å². The number of furan rings is 1. The Morgan fingerprint density at radius 2 is 1.79 bits per heavy atom. The second kappa shape index (κ2) is 9.17. The van der Waals surface area contributed by atoms with E-state index >= 15 is 0 Å². The van der Waals surface area contributed by atoms with Crippen LogP contribution in [0.2, 0.25) is 0 Å². The zero-order valence-corrected chi connectivity index (χ0v) is 18.1. The van der Waals surface area contributed by atoms with E-state index in [0.717, 1.165) is 4.90 Å². The molecule has 1 fully saturated rings. The summed E-state index contributed by atoms with van der Waals surface area (Å²) in [5.74, 6) is -1.46. The van der Waals surface area contributed by atoms with Crippen LogP contribution in [-0.4, -0.2) is 29.5 Å². The number of ether oxygens (including phenoxy) is 1. The Morgan fingerprint density at radius 1 is 1.09 bits per heavy atom. The van der Waals surface area contributed by atoms with Crippen molar-refractivity contribution in [3.63, 3.8) is 0 Å². The molecule has 0 unspecified atom stereocenters. The van der Waals surface area contributed by atoms with Crippen molar-refractivity contribution in [3.05, 3.63) is 83.4 Å². The average molecular weight is 464 g/mol. The van der Waals surface area contributed by atoms with E-state index in [1.165, 1.54) is 30.3 Å². The van der Waals surface area contributed by atoms with E-state index in [1.54, 1.807) is 43.3 Å². The monoisotopic (exact) mass is 464 g/mol. The molecule has 1 saturated heterocycles. The largest absolute Gasteiger partial charge is 0.462 e. The highest BCUT2D eigenvalue weighted by molar-refractivity contribution is 7.80. The van der Waals surface area contributed by atoms with Crippen molar-refractivity contribution in [2.24, 2.45) is 0 Å². The lowest BCUT2D eigenvalue weighted by Gasteiger charge is -2.28. The fourth-order valence-corrected chi connectivity index (χ4v) is 3.48. The van der Waals surface area contributed by atoms with Gasteiger partial charge < -0.3 is 9.15 Å². The lowest BCUT2D eigenvalue weighted by molar-refractivity contribution is -0.122. The second-order valence-electron chi connectivity index (χ2n) is 6.93. The molecule has 166 valence electrons. The summed E-state index contributed by atoms with van der Waals surface area (Å²) in [5.41, 5.74) is 1.24. The predicted molar refractivity (Wildman–Crippen MR) is 123 cm³/mol. The number of esters is 1. The number of nitrogens with one attached hydrogen (secondary N) is 1. The Labute approximate surface area is 193 Å². The molecule has 1 aliphatic heterocycles. The maximum absolute atomic E-state index is 13.3. The van der Waals surface area contributed by atoms with E-state index in [4.69, 9.17) is 21.4 Å². The van der Waals surface area contributed by atoms with Crippen LogP contribution in [0.3, 0.4) is 0 Å². The Kier molecular flexibility index (Phi) is 6.14. The highest BCUT2D eigenvalue weighted by Gasteiger charge is 2.34. The predicted octanol–water partition coefficient (Wildman–Crippen LogP) is 4.09. The molecule has 1 aliphatic rings. The highest BCUT2D eigenvalue weighted by Crippen LogP contribution is 2.26. The summed E-state index contributed by atoms with van der Waals surface area (Å²) in [6.45, 7) is 2.02. The van der Waals surface area contributed by atoms with Crippen LogP contribution in [0, 0.1) is 5.82 Å². The van der Waals surface area contributed by atoms with Crippen molar-refractivity contribution in [2.45, 2.75) is 6.92 Å². The number of thiocarbonyl (C=S) groups is 1. The summed E-state index contributed by atoms with van der Waals surface area (Å²) in [6, 6.07) is 15.1. The molecular formula is C24H17FN2O5S. The van der Waals surface area contributed by atoms with Gasteiger partial charge in [-0.05, 0) is 73.7 Å². The van der Waals surface area contributed by atoms with Gasteiger partial charge in [-0.1, -0.05) is 12.1 Å². The molecule has 4 rings (SSSR count). The van der Waals surface area contributed by atoms with Crippen LogP contribution < -0.4 is 10.2 Å². The van der Waals surface area contributed by atoms with Crippen LogP contribution in [0.4, 0.5) is 10.1 Å². The lowest BCUT2D eigenvalue weighted by Crippen LogP contribution is -2.54. The number of carbonyl (C=O) groups excluding carboxylic acids is 3. The molecule has 9 heteroatoms. The van der Waals surface area contributed by atoms with E-state index in [-0.39, 0.29) is 23.1 Å². The summed E-state index contributed by atoms with van der Waals surface area (Å²) in [5, 5.41) is 2.36. The van der Waals surface area contributed by atoms with Gasteiger partial charge in [0, 0.05) is 5.56 Å². The molecule has 0 radical (unpaired) electrons. The van der Waals surface area contributed by atoms with E-state index < -0.39 is 23.6 Å². The molecule has 0 atom stereocenters. The van der Waals surface area contributed by atoms with Gasteiger partial charge in [-0.25, -0.2) is 9.18 Å². The van der Waals surface area contributed by atoms with Crippen molar-refractivity contribution >= 4 is 46.9 Å². The third-order valence-electron chi connectivity index (χ3n) is 4.78. The number of halogens is 1. The van der Waals surface area contributed by atoms with Gasteiger partial charge in [0.05, 0.1) is 17.9 Å². The Morgan fingerprint density at radius 3 is 2.45 bits per heavy atom. The zero-order chi connectivity index (χ0) is 23.5. The Hall–Kier alpha value is -4.11. The van der Waals surface area contributed by atoms with E-state index in [0.29, 0.717) is 22.6 Å². The summed E-state index contributed by atoms with van der Waals surface area (Å²) >= 11 is 5.12. The van der Waals surface area contributed by atoms with Gasteiger partial charge >= 0.3 is 5.97 Å². The third-order valence-corrected chi connectivity index (χ3v) is 5.07. The van der Waals surface area contributed by atoms with Crippen molar-refractivity contribution < 1.29 is 27.9 Å². The topological polar surface area (TPSA) is 88.9 Å². The van der Waals surface area contributed by atoms with Crippen molar-refractivity contribution in [1.82, 2.24) is 5.32 Å². The molecule has 1 aromatic heterocycles. The first-order valence-electron chi connectivity index (χ1n) is 9.92. The summed E-state index contributed by atoms with van der Waals surface area (Å²) in [4.78, 5) is 38.3. The quantitative estimate of drug-likeness (QED) is 0.265. The standard InChI is InChI=1S/C24H17FN2O5S/c1-2-31-23(30)15-5-3-14(4-6-15)20-12-11-18(32-20)13-19-21(28)26-24(33)27(22(19)29)17-9-7-16(25)8-10-17/h3-13H,2H2,1H3,(H,26,28,33)/b19-13-. The van der Waals surface area contributed by atoms with Crippen LogP contribution in [-0.2, 0) is 14.3 Å². The van der Waals surface area contributed by atoms with Gasteiger partial charge in [0.1, 0.15) is 22.9 Å². The molecule has 7 nitrogen and oxygen atoms in total. The average Bonchev–Trinajstić information content (AvgIpc) is 3.27. The van der Waals surface area contributed by atoms with Crippen LogP contribution in [0.15, 0.2) is 70.7 Å². The van der Waals surface area contributed by atoms with E-state index in [1.807, 2.05) is 0 Å². The molecule has 2 amide bonds. The molecule has 33 heavy (non-hydrogen) atoms. The number of hydrogen-bond acceptors (Lipinski definition) is 6. The first kappa shape index (κ1) is 22.1. The molecule has 1 N–H and O–H groups in total. The third kappa shape index (κ3) is 4.58.